The van der Waals surface area contributed by atoms with Gasteiger partial charge in [0, 0.05) is 30.9 Å². The molecule has 0 aliphatic carbocycles. The fourth-order valence-electron chi connectivity index (χ4n) is 2.39. The van der Waals surface area contributed by atoms with Crippen LogP contribution in [0, 0.1) is 12.3 Å². The minimum Gasteiger partial charge on any atom is -0.493 e. The predicted molar refractivity (Wildman–Crippen MR) is 108 cm³/mol. The monoisotopic (exact) mass is 371 g/mol. The third kappa shape index (κ3) is 5.71. The van der Waals surface area contributed by atoms with Crippen molar-refractivity contribution in [2.24, 2.45) is 4.99 Å². The minimum atomic E-state index is 0.205. The van der Waals surface area contributed by atoms with Crippen LogP contribution in [0.25, 0.3) is 0 Å². The van der Waals surface area contributed by atoms with Crippen molar-refractivity contribution in [3.63, 3.8) is 0 Å². The number of thiophene rings is 1. The summed E-state index contributed by atoms with van der Waals surface area (Å²) >= 11 is 1.77. The Balaban J connectivity index is 1.90. The van der Waals surface area contributed by atoms with Crippen LogP contribution >= 0.6 is 11.3 Å². The lowest BCUT2D eigenvalue weighted by atomic mass is 10.1. The highest BCUT2D eigenvalue weighted by atomic mass is 32.1. The number of terminal acetylenes is 1. The number of benzene rings is 1. The Morgan fingerprint density at radius 1 is 1.31 bits per heavy atom. The van der Waals surface area contributed by atoms with Crippen molar-refractivity contribution in [2.45, 2.75) is 19.4 Å². The van der Waals surface area contributed by atoms with Gasteiger partial charge >= 0.3 is 0 Å². The first-order chi connectivity index (χ1) is 12.7. The van der Waals surface area contributed by atoms with Crippen molar-refractivity contribution in [3.05, 3.63) is 46.2 Å². The molecule has 1 atom stereocenters. The lowest BCUT2D eigenvalue weighted by molar-refractivity contribution is 0.330. The van der Waals surface area contributed by atoms with Crippen LogP contribution in [0.4, 0.5) is 0 Å². The Morgan fingerprint density at radius 3 is 2.81 bits per heavy atom. The summed E-state index contributed by atoms with van der Waals surface area (Å²) < 4.78 is 10.8. The van der Waals surface area contributed by atoms with Crippen molar-refractivity contribution in [1.29, 1.82) is 0 Å². The van der Waals surface area contributed by atoms with Crippen LogP contribution in [0.5, 0.6) is 11.5 Å². The zero-order valence-electron chi connectivity index (χ0n) is 15.4. The zero-order chi connectivity index (χ0) is 18.8. The van der Waals surface area contributed by atoms with Crippen molar-refractivity contribution in [3.8, 4) is 23.8 Å². The molecule has 0 spiro atoms. The SMILES string of the molecule is C#CCOc1cc(CNC(=NC)NCC(C)c2cccs2)ccc1OC. The molecule has 1 unspecified atom stereocenters. The fourth-order valence-corrected chi connectivity index (χ4v) is 3.18. The Hall–Kier alpha value is -2.65. The van der Waals surface area contributed by atoms with Gasteiger partial charge in [0.1, 0.15) is 6.61 Å². The number of hydrogen-bond acceptors (Lipinski definition) is 4. The maximum absolute atomic E-state index is 5.54. The maximum atomic E-state index is 5.54. The molecule has 2 rings (SSSR count). The molecule has 0 amide bonds. The summed E-state index contributed by atoms with van der Waals surface area (Å²) in [6, 6.07) is 10.0. The second-order valence-electron chi connectivity index (χ2n) is 5.70. The van der Waals surface area contributed by atoms with Crippen LogP contribution in [0.15, 0.2) is 40.7 Å². The number of guanidine groups is 1. The van der Waals surface area contributed by atoms with E-state index in [9.17, 15) is 0 Å². The molecule has 2 N–H and O–H groups in total. The van der Waals surface area contributed by atoms with E-state index in [2.05, 4.69) is 46.0 Å². The van der Waals surface area contributed by atoms with E-state index < -0.39 is 0 Å². The molecular weight excluding hydrogens is 346 g/mol. The largest absolute Gasteiger partial charge is 0.493 e. The van der Waals surface area contributed by atoms with Crippen LogP contribution < -0.4 is 20.1 Å². The summed E-state index contributed by atoms with van der Waals surface area (Å²) in [5.41, 5.74) is 1.05. The minimum absolute atomic E-state index is 0.205. The number of methoxy groups -OCH3 is 1. The molecule has 2 aromatic rings. The summed E-state index contributed by atoms with van der Waals surface area (Å²) in [7, 11) is 3.37. The van der Waals surface area contributed by atoms with Crippen molar-refractivity contribution in [2.75, 3.05) is 27.3 Å². The molecule has 1 aromatic heterocycles. The van der Waals surface area contributed by atoms with Gasteiger partial charge in [-0.3, -0.25) is 4.99 Å². The van der Waals surface area contributed by atoms with Gasteiger partial charge in [-0.2, -0.15) is 0 Å². The maximum Gasteiger partial charge on any atom is 0.191 e. The lowest BCUT2D eigenvalue weighted by Crippen LogP contribution is -2.38. The number of nitrogens with one attached hydrogen (secondary N) is 2. The Labute approximate surface area is 159 Å². The van der Waals surface area contributed by atoms with E-state index in [4.69, 9.17) is 15.9 Å². The molecule has 1 aromatic carbocycles. The predicted octanol–water partition coefficient (Wildman–Crippen LogP) is 3.24. The molecule has 0 saturated heterocycles. The zero-order valence-corrected chi connectivity index (χ0v) is 16.2. The number of ether oxygens (including phenoxy) is 2. The summed E-state index contributed by atoms with van der Waals surface area (Å²) in [5, 5.41) is 8.77. The molecule has 0 bridgehead atoms. The first kappa shape index (κ1) is 19.7. The van der Waals surface area contributed by atoms with Gasteiger partial charge in [0.2, 0.25) is 0 Å². The first-order valence-electron chi connectivity index (χ1n) is 8.39. The molecule has 26 heavy (non-hydrogen) atoms. The lowest BCUT2D eigenvalue weighted by Gasteiger charge is -2.16. The van der Waals surface area contributed by atoms with Gasteiger partial charge in [-0.15, -0.1) is 17.8 Å². The summed E-state index contributed by atoms with van der Waals surface area (Å²) in [6.07, 6.45) is 5.26. The molecule has 0 aliphatic heterocycles. The Kier molecular flexibility index (Phi) is 7.84. The molecule has 6 heteroatoms. The third-order valence-corrected chi connectivity index (χ3v) is 4.93. The molecule has 0 aliphatic rings. The van der Waals surface area contributed by atoms with Crippen LogP contribution in [-0.2, 0) is 6.54 Å². The van der Waals surface area contributed by atoms with Gasteiger partial charge in [-0.25, -0.2) is 0 Å². The summed E-state index contributed by atoms with van der Waals surface area (Å²) in [5.74, 6) is 4.95. The normalized spacial score (nSPS) is 12.2. The first-order valence-corrected chi connectivity index (χ1v) is 9.27. The van der Waals surface area contributed by atoms with Gasteiger partial charge in [0.05, 0.1) is 7.11 Å². The summed E-state index contributed by atoms with van der Waals surface area (Å²) in [6.45, 7) is 3.84. The quantitative estimate of drug-likeness (QED) is 0.425. The fraction of sp³-hybridized carbons (Fsp3) is 0.350. The van der Waals surface area contributed by atoms with E-state index in [-0.39, 0.29) is 6.61 Å². The molecule has 1 heterocycles. The number of hydrogen-bond donors (Lipinski definition) is 2. The van der Waals surface area contributed by atoms with Gasteiger partial charge in [-0.05, 0) is 29.1 Å². The molecule has 5 nitrogen and oxygen atoms in total. The van der Waals surface area contributed by atoms with Gasteiger partial charge < -0.3 is 20.1 Å². The van der Waals surface area contributed by atoms with E-state index in [1.807, 2.05) is 18.2 Å². The number of nitrogens with zero attached hydrogens (tertiary/aromatic N) is 1. The van der Waals surface area contributed by atoms with E-state index in [1.165, 1.54) is 4.88 Å². The van der Waals surface area contributed by atoms with Gasteiger partial charge in [0.25, 0.3) is 0 Å². The topological polar surface area (TPSA) is 54.9 Å². The van der Waals surface area contributed by atoms with Crippen LogP contribution in [0.3, 0.4) is 0 Å². The highest BCUT2D eigenvalue weighted by Gasteiger charge is 2.09. The standard InChI is InChI=1S/C20H25N3O2S/c1-5-10-25-18-12-16(8-9-17(18)24-4)14-23-20(21-3)22-13-15(2)19-7-6-11-26-19/h1,6-9,11-12,15H,10,13-14H2,2-4H3,(H2,21,22,23). The average molecular weight is 372 g/mol. The van der Waals surface area contributed by atoms with Gasteiger partial charge in [-0.1, -0.05) is 25.0 Å². The molecular formula is C20H25N3O2S. The van der Waals surface area contributed by atoms with Crippen LogP contribution in [-0.4, -0.2) is 33.3 Å². The second-order valence-corrected chi connectivity index (χ2v) is 6.68. The van der Waals surface area contributed by atoms with Crippen molar-refractivity contribution >= 4 is 17.3 Å². The third-order valence-electron chi connectivity index (χ3n) is 3.83. The Bertz CT molecular complexity index is 751. The van der Waals surface area contributed by atoms with E-state index in [0.29, 0.717) is 24.0 Å². The Morgan fingerprint density at radius 2 is 2.15 bits per heavy atom. The summed E-state index contributed by atoms with van der Waals surface area (Å²) in [4.78, 5) is 5.64. The second kappa shape index (κ2) is 10.4. The van der Waals surface area contributed by atoms with E-state index in [1.54, 1.807) is 25.5 Å². The molecule has 0 saturated carbocycles. The number of aliphatic imine (C=N–C) groups is 1. The smallest absolute Gasteiger partial charge is 0.191 e. The molecule has 0 radical (unpaired) electrons. The van der Waals surface area contributed by atoms with E-state index >= 15 is 0 Å². The highest BCUT2D eigenvalue weighted by molar-refractivity contribution is 7.10. The average Bonchev–Trinajstić information content (AvgIpc) is 3.21. The van der Waals surface area contributed by atoms with E-state index in [0.717, 1.165) is 18.1 Å². The number of rotatable bonds is 8. The molecule has 138 valence electrons. The van der Waals surface area contributed by atoms with Gasteiger partial charge in [0.15, 0.2) is 17.5 Å². The van der Waals surface area contributed by atoms with Crippen molar-refractivity contribution < 1.29 is 9.47 Å². The highest BCUT2D eigenvalue weighted by Crippen LogP contribution is 2.28. The van der Waals surface area contributed by atoms with Crippen LogP contribution in [0.1, 0.15) is 23.3 Å². The molecule has 0 fully saturated rings. The van der Waals surface area contributed by atoms with Crippen molar-refractivity contribution in [1.82, 2.24) is 10.6 Å². The van der Waals surface area contributed by atoms with Crippen LogP contribution in [0.2, 0.25) is 0 Å².